The molecule has 1 heterocycles. The summed E-state index contributed by atoms with van der Waals surface area (Å²) >= 11 is 0. The third kappa shape index (κ3) is 1.92. The van der Waals surface area contributed by atoms with Crippen LogP contribution in [0.1, 0.15) is 12.8 Å². The minimum atomic E-state index is 0.0674. The van der Waals surface area contributed by atoms with Crippen LogP contribution in [0.5, 0.6) is 0 Å². The maximum Gasteiger partial charge on any atom is 0.0975 e. The molecule has 2 unspecified atom stereocenters. The molecule has 3 nitrogen and oxygen atoms in total. The zero-order chi connectivity index (χ0) is 8.27. The van der Waals surface area contributed by atoms with Crippen molar-refractivity contribution in [1.29, 1.82) is 5.26 Å². The van der Waals surface area contributed by atoms with Crippen LogP contribution in [0.25, 0.3) is 0 Å². The van der Waals surface area contributed by atoms with Gasteiger partial charge >= 0.3 is 0 Å². The van der Waals surface area contributed by atoms with Crippen molar-refractivity contribution >= 4 is 0 Å². The van der Waals surface area contributed by atoms with Gasteiger partial charge in [0.2, 0.25) is 0 Å². The molecule has 0 aromatic rings. The second-order valence-electron chi connectivity index (χ2n) is 3.21. The summed E-state index contributed by atoms with van der Waals surface area (Å²) in [7, 11) is 1.94. The lowest BCUT2D eigenvalue weighted by atomic mass is 9.95. The average Bonchev–Trinajstić information content (AvgIpc) is 2.04. The van der Waals surface area contributed by atoms with E-state index in [-0.39, 0.29) is 12.6 Å². The van der Waals surface area contributed by atoms with Crippen LogP contribution in [0.15, 0.2) is 0 Å². The quantitative estimate of drug-likeness (QED) is 0.587. The van der Waals surface area contributed by atoms with Gasteiger partial charge in [-0.25, -0.2) is 0 Å². The first-order chi connectivity index (χ1) is 5.27. The Morgan fingerprint density at radius 3 is 2.82 bits per heavy atom. The number of nitriles is 1. The van der Waals surface area contributed by atoms with Gasteiger partial charge in [-0.15, -0.1) is 0 Å². The van der Waals surface area contributed by atoms with Crippen LogP contribution >= 0.6 is 0 Å². The number of nitrogens with zero attached hydrogens (tertiary/aromatic N) is 2. The van der Waals surface area contributed by atoms with Crippen molar-refractivity contribution < 1.29 is 5.11 Å². The van der Waals surface area contributed by atoms with Crippen molar-refractivity contribution in [2.45, 2.75) is 18.9 Å². The van der Waals surface area contributed by atoms with Gasteiger partial charge in [0.25, 0.3) is 0 Å². The van der Waals surface area contributed by atoms with E-state index in [0.29, 0.717) is 5.92 Å². The maximum absolute atomic E-state index is 8.86. The summed E-state index contributed by atoms with van der Waals surface area (Å²) in [5.41, 5.74) is 0. The predicted molar refractivity (Wildman–Crippen MR) is 41.8 cm³/mol. The van der Waals surface area contributed by atoms with E-state index < -0.39 is 0 Å². The van der Waals surface area contributed by atoms with Gasteiger partial charge in [-0.2, -0.15) is 5.26 Å². The van der Waals surface area contributed by atoms with E-state index in [0.717, 1.165) is 19.4 Å². The Labute approximate surface area is 67.2 Å². The summed E-state index contributed by atoms with van der Waals surface area (Å²) in [6.45, 7) is 1.11. The number of piperidine rings is 1. The Morgan fingerprint density at radius 1 is 1.64 bits per heavy atom. The Morgan fingerprint density at radius 2 is 2.36 bits per heavy atom. The van der Waals surface area contributed by atoms with Gasteiger partial charge in [0.05, 0.1) is 12.1 Å². The second kappa shape index (κ2) is 3.70. The number of aliphatic hydroxyl groups excluding tert-OH is 1. The topological polar surface area (TPSA) is 47.3 Å². The molecule has 62 valence electrons. The molecule has 0 saturated carbocycles. The molecule has 0 aromatic heterocycles. The SMILES string of the molecule is CN1CC(CO)CCC1C#N. The molecule has 3 heteroatoms. The summed E-state index contributed by atoms with van der Waals surface area (Å²) in [5, 5.41) is 17.5. The first-order valence-electron chi connectivity index (χ1n) is 3.98. The van der Waals surface area contributed by atoms with E-state index >= 15 is 0 Å². The molecular weight excluding hydrogens is 140 g/mol. The zero-order valence-corrected chi connectivity index (χ0v) is 6.82. The fourth-order valence-electron chi connectivity index (χ4n) is 1.55. The number of aliphatic hydroxyl groups is 1. The second-order valence-corrected chi connectivity index (χ2v) is 3.21. The molecule has 2 atom stereocenters. The summed E-state index contributed by atoms with van der Waals surface area (Å²) in [6.07, 6.45) is 1.89. The van der Waals surface area contributed by atoms with Gasteiger partial charge in [-0.3, -0.25) is 4.90 Å². The highest BCUT2D eigenvalue weighted by Gasteiger charge is 2.24. The predicted octanol–water partition coefficient (Wildman–Crippen LogP) is 0.213. The lowest BCUT2D eigenvalue weighted by Crippen LogP contribution is -2.40. The van der Waals surface area contributed by atoms with Gasteiger partial charge in [0.15, 0.2) is 0 Å². The molecule has 1 N–H and O–H groups in total. The van der Waals surface area contributed by atoms with Crippen LogP contribution in [-0.2, 0) is 0 Å². The van der Waals surface area contributed by atoms with E-state index in [4.69, 9.17) is 10.4 Å². The van der Waals surface area contributed by atoms with Crippen LogP contribution in [0.4, 0.5) is 0 Å². The minimum Gasteiger partial charge on any atom is -0.396 e. The van der Waals surface area contributed by atoms with Crippen molar-refractivity contribution in [1.82, 2.24) is 4.90 Å². The van der Waals surface area contributed by atoms with Gasteiger partial charge in [-0.1, -0.05) is 0 Å². The largest absolute Gasteiger partial charge is 0.396 e. The summed E-state index contributed by atoms with van der Waals surface area (Å²) in [6, 6.07) is 2.31. The van der Waals surface area contributed by atoms with Crippen LogP contribution in [0.3, 0.4) is 0 Å². The first kappa shape index (κ1) is 8.51. The Kier molecular flexibility index (Phi) is 2.86. The first-order valence-corrected chi connectivity index (χ1v) is 3.98. The molecule has 1 fully saturated rings. The van der Waals surface area contributed by atoms with E-state index in [1.165, 1.54) is 0 Å². The molecule has 0 aromatic carbocycles. The van der Waals surface area contributed by atoms with Crippen LogP contribution in [0.2, 0.25) is 0 Å². The monoisotopic (exact) mass is 154 g/mol. The van der Waals surface area contributed by atoms with E-state index in [2.05, 4.69) is 6.07 Å². The van der Waals surface area contributed by atoms with Gasteiger partial charge in [-0.05, 0) is 25.8 Å². The molecule has 1 rings (SSSR count). The van der Waals surface area contributed by atoms with Gasteiger partial charge < -0.3 is 5.11 Å². The fraction of sp³-hybridized carbons (Fsp3) is 0.875. The van der Waals surface area contributed by atoms with Crippen molar-refractivity contribution in [3.8, 4) is 6.07 Å². The molecule has 0 aliphatic carbocycles. The fourth-order valence-corrected chi connectivity index (χ4v) is 1.55. The molecule has 0 amide bonds. The molecule has 11 heavy (non-hydrogen) atoms. The third-order valence-corrected chi connectivity index (χ3v) is 2.33. The van der Waals surface area contributed by atoms with E-state index in [1.54, 1.807) is 0 Å². The molecule has 1 aliphatic rings. The lowest BCUT2D eigenvalue weighted by Gasteiger charge is -2.32. The maximum atomic E-state index is 8.86. The third-order valence-electron chi connectivity index (χ3n) is 2.33. The number of rotatable bonds is 1. The molecule has 0 radical (unpaired) electrons. The molecule has 0 bridgehead atoms. The van der Waals surface area contributed by atoms with Gasteiger partial charge in [0, 0.05) is 13.2 Å². The van der Waals surface area contributed by atoms with Crippen molar-refractivity contribution in [3.05, 3.63) is 0 Å². The molecular formula is C8H14N2O. The van der Waals surface area contributed by atoms with Gasteiger partial charge in [0.1, 0.15) is 0 Å². The number of hydrogen-bond acceptors (Lipinski definition) is 3. The van der Waals surface area contributed by atoms with Crippen molar-refractivity contribution in [2.75, 3.05) is 20.2 Å². The highest BCUT2D eigenvalue weighted by Crippen LogP contribution is 2.19. The van der Waals surface area contributed by atoms with E-state index in [1.807, 2.05) is 11.9 Å². The summed E-state index contributed by atoms with van der Waals surface area (Å²) in [4.78, 5) is 2.02. The summed E-state index contributed by atoms with van der Waals surface area (Å²) < 4.78 is 0. The minimum absolute atomic E-state index is 0.0674. The van der Waals surface area contributed by atoms with Crippen molar-refractivity contribution in [3.63, 3.8) is 0 Å². The lowest BCUT2D eigenvalue weighted by molar-refractivity contribution is 0.117. The number of likely N-dealkylation sites (tertiary alicyclic amines) is 1. The van der Waals surface area contributed by atoms with Crippen LogP contribution < -0.4 is 0 Å². The average molecular weight is 154 g/mol. The standard InChI is InChI=1S/C8H14N2O/c1-10-5-7(6-11)2-3-8(10)4-9/h7-8,11H,2-3,5-6H2,1H3. The van der Waals surface area contributed by atoms with Crippen LogP contribution in [0, 0.1) is 17.2 Å². The Balaban J connectivity index is 2.42. The van der Waals surface area contributed by atoms with E-state index in [9.17, 15) is 0 Å². The summed E-state index contributed by atoms with van der Waals surface area (Å²) in [5.74, 6) is 0.379. The Bertz CT molecular complexity index is 164. The highest BCUT2D eigenvalue weighted by atomic mass is 16.3. The van der Waals surface area contributed by atoms with Crippen LogP contribution in [-0.4, -0.2) is 36.2 Å². The normalized spacial score (nSPS) is 33.2. The molecule has 1 saturated heterocycles. The highest BCUT2D eigenvalue weighted by molar-refractivity contribution is 4.94. The molecule has 0 spiro atoms. The number of hydrogen-bond donors (Lipinski definition) is 1. The smallest absolute Gasteiger partial charge is 0.0975 e. The Hall–Kier alpha value is -0.590. The van der Waals surface area contributed by atoms with Crippen molar-refractivity contribution in [2.24, 2.45) is 5.92 Å². The zero-order valence-electron chi connectivity index (χ0n) is 6.82. The molecule has 1 aliphatic heterocycles.